The Bertz CT molecular complexity index is 931. The largest absolute Gasteiger partial charge is 0.497 e. The maximum atomic E-state index is 12.3. The number of hydrogen-bond donors (Lipinski definition) is 1. The summed E-state index contributed by atoms with van der Waals surface area (Å²) in [4.78, 5) is 32.2. The van der Waals surface area contributed by atoms with Crippen molar-refractivity contribution in [3.05, 3.63) is 35.2 Å². The lowest BCUT2D eigenvalue weighted by Gasteiger charge is -2.13. The first-order valence-electron chi connectivity index (χ1n) is 8.11. The summed E-state index contributed by atoms with van der Waals surface area (Å²) in [6.45, 7) is 1.54. The topological polar surface area (TPSA) is 80.8 Å². The van der Waals surface area contributed by atoms with Gasteiger partial charge in [-0.15, -0.1) is 11.3 Å². The molecule has 2 aromatic heterocycles. The van der Waals surface area contributed by atoms with Crippen LogP contribution in [0.5, 0.6) is 5.75 Å². The van der Waals surface area contributed by atoms with Crippen LogP contribution in [0, 0.1) is 0 Å². The molecule has 0 aliphatic heterocycles. The predicted molar refractivity (Wildman–Crippen MR) is 108 cm³/mol. The molecule has 0 bridgehead atoms. The SMILES string of the molecule is COc1ccc(NC(=O)C(C)OC(=O)c2cc3sc(N(C)C)nc3s2)cc1. The molecular formula is C18H19N3O4S2. The normalized spacial score (nSPS) is 11.9. The third kappa shape index (κ3) is 4.37. The zero-order valence-electron chi connectivity index (χ0n) is 15.3. The van der Waals surface area contributed by atoms with Gasteiger partial charge in [-0.05, 0) is 37.3 Å². The number of thiazole rings is 1. The minimum absolute atomic E-state index is 0.403. The van der Waals surface area contributed by atoms with Gasteiger partial charge < -0.3 is 19.7 Å². The molecule has 1 atom stereocenters. The maximum absolute atomic E-state index is 12.3. The molecule has 0 spiro atoms. The van der Waals surface area contributed by atoms with Crippen molar-refractivity contribution in [3.63, 3.8) is 0 Å². The highest BCUT2D eigenvalue weighted by Crippen LogP contribution is 2.34. The molecule has 9 heteroatoms. The number of benzene rings is 1. The van der Waals surface area contributed by atoms with Crippen molar-refractivity contribution in [1.82, 2.24) is 4.98 Å². The molecule has 0 saturated carbocycles. The molecule has 3 aromatic rings. The Balaban J connectivity index is 1.62. The average molecular weight is 406 g/mol. The monoisotopic (exact) mass is 405 g/mol. The van der Waals surface area contributed by atoms with Gasteiger partial charge in [0.05, 0.1) is 11.8 Å². The van der Waals surface area contributed by atoms with Crippen LogP contribution < -0.4 is 15.0 Å². The number of nitrogens with zero attached hydrogens (tertiary/aromatic N) is 2. The van der Waals surface area contributed by atoms with E-state index < -0.39 is 18.0 Å². The first-order valence-corrected chi connectivity index (χ1v) is 9.74. The summed E-state index contributed by atoms with van der Waals surface area (Å²) >= 11 is 2.76. The van der Waals surface area contributed by atoms with E-state index in [1.807, 2.05) is 19.0 Å². The Kier molecular flexibility index (Phi) is 5.62. The first-order chi connectivity index (χ1) is 12.9. The fourth-order valence-electron chi connectivity index (χ4n) is 2.21. The van der Waals surface area contributed by atoms with E-state index in [1.165, 1.54) is 29.6 Å². The van der Waals surface area contributed by atoms with Gasteiger partial charge in [0, 0.05) is 19.8 Å². The Morgan fingerprint density at radius 3 is 2.48 bits per heavy atom. The average Bonchev–Trinajstić information content (AvgIpc) is 3.21. The second kappa shape index (κ2) is 7.93. The lowest BCUT2D eigenvalue weighted by molar-refractivity contribution is -0.123. The molecule has 27 heavy (non-hydrogen) atoms. The van der Waals surface area contributed by atoms with Crippen molar-refractivity contribution in [2.45, 2.75) is 13.0 Å². The molecule has 3 rings (SSSR count). The van der Waals surface area contributed by atoms with Gasteiger partial charge in [0.1, 0.15) is 15.5 Å². The number of fused-ring (bicyclic) bond motifs is 1. The molecule has 0 aliphatic carbocycles. The lowest BCUT2D eigenvalue weighted by Crippen LogP contribution is -2.29. The fraction of sp³-hybridized carbons (Fsp3) is 0.278. The zero-order valence-corrected chi connectivity index (χ0v) is 16.9. The molecule has 0 radical (unpaired) electrons. The smallest absolute Gasteiger partial charge is 0.349 e. The predicted octanol–water partition coefficient (Wildman–Crippen LogP) is 3.62. The van der Waals surface area contributed by atoms with Crippen LogP contribution in [0.25, 0.3) is 9.53 Å². The highest BCUT2D eigenvalue weighted by molar-refractivity contribution is 7.29. The van der Waals surface area contributed by atoms with Crippen molar-refractivity contribution in [2.75, 3.05) is 31.4 Å². The number of nitrogens with one attached hydrogen (secondary N) is 1. The van der Waals surface area contributed by atoms with Gasteiger partial charge in [0.25, 0.3) is 5.91 Å². The van der Waals surface area contributed by atoms with Crippen molar-refractivity contribution in [3.8, 4) is 5.75 Å². The zero-order chi connectivity index (χ0) is 19.6. The van der Waals surface area contributed by atoms with Gasteiger partial charge in [-0.2, -0.15) is 0 Å². The van der Waals surface area contributed by atoms with Crippen molar-refractivity contribution in [1.29, 1.82) is 0 Å². The van der Waals surface area contributed by atoms with Crippen LogP contribution in [0.2, 0.25) is 0 Å². The van der Waals surface area contributed by atoms with Gasteiger partial charge in [0.2, 0.25) is 0 Å². The molecule has 1 N–H and O–H groups in total. The number of carbonyl (C=O) groups is 2. The number of aromatic nitrogens is 1. The second-order valence-corrected chi connectivity index (χ2v) is 7.98. The lowest BCUT2D eigenvalue weighted by atomic mass is 10.3. The van der Waals surface area contributed by atoms with Crippen LogP contribution in [-0.4, -0.2) is 44.2 Å². The minimum atomic E-state index is -0.926. The third-order valence-electron chi connectivity index (χ3n) is 3.67. The van der Waals surface area contributed by atoms with E-state index in [-0.39, 0.29) is 0 Å². The summed E-state index contributed by atoms with van der Waals surface area (Å²) in [6, 6.07) is 8.65. The van der Waals surface area contributed by atoms with E-state index >= 15 is 0 Å². The number of hydrogen-bond acceptors (Lipinski definition) is 8. The first kappa shape index (κ1) is 19.1. The van der Waals surface area contributed by atoms with Crippen molar-refractivity contribution < 1.29 is 19.1 Å². The van der Waals surface area contributed by atoms with Gasteiger partial charge >= 0.3 is 5.97 Å². The second-order valence-electron chi connectivity index (χ2n) is 5.94. The highest BCUT2D eigenvalue weighted by atomic mass is 32.1. The van der Waals surface area contributed by atoms with Gasteiger partial charge in [-0.1, -0.05) is 11.3 Å². The number of thiophene rings is 1. The van der Waals surface area contributed by atoms with Gasteiger partial charge in [-0.3, -0.25) is 4.79 Å². The van der Waals surface area contributed by atoms with E-state index in [1.54, 1.807) is 37.4 Å². The van der Waals surface area contributed by atoms with E-state index in [0.717, 1.165) is 14.7 Å². The van der Waals surface area contributed by atoms with Gasteiger partial charge in [-0.25, -0.2) is 9.78 Å². The summed E-state index contributed by atoms with van der Waals surface area (Å²) in [5.74, 6) is -0.245. The number of esters is 1. The molecule has 1 amide bonds. The molecule has 0 aliphatic rings. The summed E-state index contributed by atoms with van der Waals surface area (Å²) in [5, 5.41) is 3.59. The Morgan fingerprint density at radius 1 is 1.19 bits per heavy atom. The number of methoxy groups -OCH3 is 1. The van der Waals surface area contributed by atoms with Crippen LogP contribution in [0.3, 0.4) is 0 Å². The molecule has 1 aromatic carbocycles. The quantitative estimate of drug-likeness (QED) is 0.631. The molecular weight excluding hydrogens is 386 g/mol. The summed E-state index contributed by atoms with van der Waals surface area (Å²) in [7, 11) is 5.40. The maximum Gasteiger partial charge on any atom is 0.349 e. The number of ether oxygens (including phenoxy) is 2. The van der Waals surface area contributed by atoms with E-state index in [0.29, 0.717) is 16.3 Å². The molecule has 0 fully saturated rings. The summed E-state index contributed by atoms with van der Waals surface area (Å²) in [5.41, 5.74) is 0.598. The third-order valence-corrected chi connectivity index (χ3v) is 5.98. The molecule has 0 saturated heterocycles. The van der Waals surface area contributed by atoms with Crippen LogP contribution in [-0.2, 0) is 9.53 Å². The standard InChI is InChI=1S/C18H19N3O4S2/c1-10(15(22)19-11-5-7-12(24-4)8-6-11)25-17(23)14-9-13-16(26-14)20-18(27-13)21(2)3/h5-10H,1-4H3,(H,19,22). The molecule has 1 unspecified atom stereocenters. The number of carbonyl (C=O) groups excluding carboxylic acids is 2. The molecule has 2 heterocycles. The Labute approximate surface area is 164 Å². The summed E-state index contributed by atoms with van der Waals surface area (Å²) < 4.78 is 11.3. The number of amides is 1. The van der Waals surface area contributed by atoms with E-state index in [4.69, 9.17) is 9.47 Å². The van der Waals surface area contributed by atoms with Crippen molar-refractivity contribution in [2.24, 2.45) is 0 Å². The summed E-state index contributed by atoms with van der Waals surface area (Å²) in [6.07, 6.45) is -0.926. The molecule has 142 valence electrons. The van der Waals surface area contributed by atoms with E-state index in [2.05, 4.69) is 10.3 Å². The fourth-order valence-corrected chi connectivity index (χ4v) is 4.22. The van der Waals surface area contributed by atoms with E-state index in [9.17, 15) is 9.59 Å². The highest BCUT2D eigenvalue weighted by Gasteiger charge is 2.22. The van der Waals surface area contributed by atoms with Crippen LogP contribution in [0.4, 0.5) is 10.8 Å². The number of rotatable bonds is 6. The van der Waals surface area contributed by atoms with Crippen LogP contribution >= 0.6 is 22.7 Å². The minimum Gasteiger partial charge on any atom is -0.497 e. The van der Waals surface area contributed by atoms with Crippen molar-refractivity contribution >= 4 is 54.9 Å². The molecule has 7 nitrogen and oxygen atoms in total. The Morgan fingerprint density at radius 2 is 1.89 bits per heavy atom. The van der Waals surface area contributed by atoms with Crippen LogP contribution in [0.15, 0.2) is 30.3 Å². The Hall–Kier alpha value is -2.65. The van der Waals surface area contributed by atoms with Crippen LogP contribution in [0.1, 0.15) is 16.6 Å². The number of anilines is 2. The van der Waals surface area contributed by atoms with Gasteiger partial charge in [0.15, 0.2) is 11.2 Å².